The van der Waals surface area contributed by atoms with Gasteiger partial charge in [-0.25, -0.2) is 0 Å². The molecule has 2 rings (SSSR count). The number of imide groups is 1. The molecule has 18 heavy (non-hydrogen) atoms. The Balaban J connectivity index is 1.90. The first kappa shape index (κ1) is 13.1. The molecule has 0 aromatic rings. The zero-order chi connectivity index (χ0) is 13.1. The molecule has 0 aromatic heterocycles. The molecule has 5 heteroatoms. The third-order valence-corrected chi connectivity index (χ3v) is 3.94. The molecule has 0 spiro atoms. The van der Waals surface area contributed by atoms with Crippen LogP contribution in [0.4, 0.5) is 0 Å². The van der Waals surface area contributed by atoms with Crippen LogP contribution in [0.3, 0.4) is 0 Å². The number of carbonyl (C=O) groups excluding carboxylic acids is 3. The summed E-state index contributed by atoms with van der Waals surface area (Å²) in [5, 5.41) is 2.81. The van der Waals surface area contributed by atoms with E-state index in [-0.39, 0.29) is 23.6 Å². The lowest BCUT2D eigenvalue weighted by atomic mass is 9.88. The van der Waals surface area contributed by atoms with E-state index >= 15 is 0 Å². The first-order valence-electron chi connectivity index (χ1n) is 6.70. The van der Waals surface area contributed by atoms with E-state index in [2.05, 4.69) is 5.32 Å². The summed E-state index contributed by atoms with van der Waals surface area (Å²) in [6.07, 6.45) is 5.98. The van der Waals surface area contributed by atoms with Gasteiger partial charge in [-0.05, 0) is 19.3 Å². The van der Waals surface area contributed by atoms with Crippen molar-refractivity contribution in [1.29, 1.82) is 0 Å². The van der Waals surface area contributed by atoms with Crippen LogP contribution in [0.25, 0.3) is 0 Å². The number of likely N-dealkylation sites (tertiary alicyclic amines) is 1. The van der Waals surface area contributed by atoms with E-state index < -0.39 is 6.04 Å². The molecule has 0 unspecified atom stereocenters. The predicted molar refractivity (Wildman–Crippen MR) is 65.5 cm³/mol. The summed E-state index contributed by atoms with van der Waals surface area (Å²) in [5.74, 6) is -0.413. The van der Waals surface area contributed by atoms with Gasteiger partial charge in [-0.15, -0.1) is 0 Å². The minimum absolute atomic E-state index is 0.0178. The second kappa shape index (κ2) is 5.50. The average molecular weight is 252 g/mol. The van der Waals surface area contributed by atoms with E-state index in [1.807, 2.05) is 0 Å². The molecule has 1 aliphatic carbocycles. The van der Waals surface area contributed by atoms with Crippen LogP contribution in [0.1, 0.15) is 44.9 Å². The molecule has 1 N–H and O–H groups in total. The van der Waals surface area contributed by atoms with Gasteiger partial charge in [0.05, 0.1) is 0 Å². The van der Waals surface area contributed by atoms with Crippen molar-refractivity contribution in [3.05, 3.63) is 0 Å². The van der Waals surface area contributed by atoms with Gasteiger partial charge in [0.1, 0.15) is 6.04 Å². The zero-order valence-corrected chi connectivity index (χ0v) is 10.8. The fourth-order valence-electron chi connectivity index (χ4n) is 2.70. The van der Waals surface area contributed by atoms with E-state index in [4.69, 9.17) is 0 Å². The molecule has 0 radical (unpaired) electrons. The van der Waals surface area contributed by atoms with Gasteiger partial charge in [-0.1, -0.05) is 19.3 Å². The third-order valence-electron chi connectivity index (χ3n) is 3.94. The van der Waals surface area contributed by atoms with Gasteiger partial charge in [0.2, 0.25) is 11.8 Å². The molecule has 0 bridgehead atoms. The van der Waals surface area contributed by atoms with Gasteiger partial charge in [-0.3, -0.25) is 19.3 Å². The maximum atomic E-state index is 12.0. The average Bonchev–Trinajstić information content (AvgIpc) is 2.40. The quantitative estimate of drug-likeness (QED) is 0.740. The fraction of sp³-hybridized carbons (Fsp3) is 0.769. The van der Waals surface area contributed by atoms with E-state index in [1.165, 1.54) is 13.5 Å². The predicted octanol–water partition coefficient (Wildman–Crippen LogP) is 0.830. The molecule has 100 valence electrons. The molecular formula is C13H20N2O3. The van der Waals surface area contributed by atoms with Crippen molar-refractivity contribution < 1.29 is 14.4 Å². The maximum Gasteiger partial charge on any atom is 0.251 e. The standard InChI is InChI=1S/C13H20N2O3/c1-15-11(16)8-7-10(13(15)18)14-12(17)9-5-3-2-4-6-9/h9-10H,2-8H2,1H3,(H,14,17)/t10-/m0/s1. The van der Waals surface area contributed by atoms with Gasteiger partial charge < -0.3 is 5.32 Å². The van der Waals surface area contributed by atoms with E-state index in [0.29, 0.717) is 12.8 Å². The molecule has 1 saturated heterocycles. The van der Waals surface area contributed by atoms with Gasteiger partial charge in [0.15, 0.2) is 0 Å². The number of nitrogens with zero attached hydrogens (tertiary/aromatic N) is 1. The molecule has 3 amide bonds. The Labute approximate surface area is 107 Å². The van der Waals surface area contributed by atoms with Crippen LogP contribution in [0.15, 0.2) is 0 Å². The smallest absolute Gasteiger partial charge is 0.251 e. The Kier molecular flexibility index (Phi) is 3.99. The summed E-state index contributed by atoms with van der Waals surface area (Å²) in [6, 6.07) is -0.512. The van der Waals surface area contributed by atoms with Crippen LogP contribution >= 0.6 is 0 Å². The Bertz CT molecular complexity index is 361. The number of hydrogen-bond donors (Lipinski definition) is 1. The Hall–Kier alpha value is -1.39. The lowest BCUT2D eigenvalue weighted by Gasteiger charge is -2.30. The minimum Gasteiger partial charge on any atom is -0.344 e. The highest BCUT2D eigenvalue weighted by Gasteiger charge is 2.34. The van der Waals surface area contributed by atoms with Gasteiger partial charge in [0, 0.05) is 19.4 Å². The molecule has 1 atom stereocenters. The second-order valence-corrected chi connectivity index (χ2v) is 5.23. The zero-order valence-electron chi connectivity index (χ0n) is 10.8. The summed E-state index contributed by atoms with van der Waals surface area (Å²) in [7, 11) is 1.48. The largest absolute Gasteiger partial charge is 0.344 e. The number of rotatable bonds is 2. The highest BCUT2D eigenvalue weighted by atomic mass is 16.2. The van der Waals surface area contributed by atoms with Crippen LogP contribution in [0, 0.1) is 5.92 Å². The minimum atomic E-state index is -0.512. The van der Waals surface area contributed by atoms with Crippen LogP contribution in [-0.2, 0) is 14.4 Å². The monoisotopic (exact) mass is 252 g/mol. The normalized spacial score (nSPS) is 26.3. The third kappa shape index (κ3) is 2.71. The highest BCUT2D eigenvalue weighted by molar-refractivity contribution is 6.01. The fourth-order valence-corrected chi connectivity index (χ4v) is 2.70. The van der Waals surface area contributed by atoms with Crippen molar-refractivity contribution in [2.45, 2.75) is 51.0 Å². The molecule has 1 heterocycles. The topological polar surface area (TPSA) is 66.5 Å². The summed E-state index contributed by atoms with van der Waals surface area (Å²) in [5.41, 5.74) is 0. The summed E-state index contributed by atoms with van der Waals surface area (Å²) < 4.78 is 0. The van der Waals surface area contributed by atoms with Crippen molar-refractivity contribution in [3.8, 4) is 0 Å². The van der Waals surface area contributed by atoms with Crippen molar-refractivity contribution in [1.82, 2.24) is 10.2 Å². The molecule has 2 fully saturated rings. The van der Waals surface area contributed by atoms with Crippen molar-refractivity contribution >= 4 is 17.7 Å². The molecule has 0 aromatic carbocycles. The lowest BCUT2D eigenvalue weighted by Crippen LogP contribution is -2.54. The van der Waals surface area contributed by atoms with Gasteiger partial charge >= 0.3 is 0 Å². The van der Waals surface area contributed by atoms with Crippen LogP contribution < -0.4 is 5.32 Å². The first-order valence-corrected chi connectivity index (χ1v) is 6.70. The van der Waals surface area contributed by atoms with Crippen LogP contribution in [0.5, 0.6) is 0 Å². The highest BCUT2D eigenvalue weighted by Crippen LogP contribution is 2.24. The summed E-state index contributed by atoms with van der Waals surface area (Å²) in [6.45, 7) is 0. The van der Waals surface area contributed by atoms with E-state index in [1.54, 1.807) is 0 Å². The van der Waals surface area contributed by atoms with E-state index in [9.17, 15) is 14.4 Å². The Morgan fingerprint density at radius 1 is 1.17 bits per heavy atom. The molecule has 1 aliphatic heterocycles. The van der Waals surface area contributed by atoms with Crippen molar-refractivity contribution in [2.75, 3.05) is 7.05 Å². The van der Waals surface area contributed by atoms with Gasteiger partial charge in [0.25, 0.3) is 5.91 Å². The SMILES string of the molecule is CN1C(=O)CC[C@H](NC(=O)C2CCCCC2)C1=O. The number of nitrogens with one attached hydrogen (secondary N) is 1. The number of hydrogen-bond acceptors (Lipinski definition) is 3. The van der Waals surface area contributed by atoms with Crippen LogP contribution in [-0.4, -0.2) is 35.7 Å². The molecule has 2 aliphatic rings. The summed E-state index contributed by atoms with van der Waals surface area (Å²) in [4.78, 5) is 36.3. The Morgan fingerprint density at radius 2 is 1.83 bits per heavy atom. The second-order valence-electron chi connectivity index (χ2n) is 5.23. The number of carbonyl (C=O) groups is 3. The van der Waals surface area contributed by atoms with Crippen LogP contribution in [0.2, 0.25) is 0 Å². The Morgan fingerprint density at radius 3 is 2.50 bits per heavy atom. The van der Waals surface area contributed by atoms with Gasteiger partial charge in [-0.2, -0.15) is 0 Å². The summed E-state index contributed by atoms with van der Waals surface area (Å²) >= 11 is 0. The first-order chi connectivity index (χ1) is 8.59. The molecule has 5 nitrogen and oxygen atoms in total. The number of piperidine rings is 1. The van der Waals surface area contributed by atoms with E-state index in [0.717, 1.165) is 30.6 Å². The maximum absolute atomic E-state index is 12.0. The number of likely N-dealkylation sites (N-methyl/N-ethyl adjacent to an activating group) is 1. The molecule has 1 saturated carbocycles. The van der Waals surface area contributed by atoms with Crippen molar-refractivity contribution in [2.24, 2.45) is 5.92 Å². The lowest BCUT2D eigenvalue weighted by molar-refractivity contribution is -0.149. The molecular weight excluding hydrogens is 232 g/mol. The van der Waals surface area contributed by atoms with Crippen molar-refractivity contribution in [3.63, 3.8) is 0 Å². The number of amides is 3.